The number of amides is 1. The van der Waals surface area contributed by atoms with Gasteiger partial charge in [0.2, 0.25) is 0 Å². The lowest BCUT2D eigenvalue weighted by molar-refractivity contribution is -0.150. The van der Waals surface area contributed by atoms with Crippen LogP contribution in [0.15, 0.2) is 24.4 Å². The maximum atomic E-state index is 12.1. The van der Waals surface area contributed by atoms with Gasteiger partial charge in [-0.2, -0.15) is 5.10 Å². The van der Waals surface area contributed by atoms with E-state index in [1.54, 1.807) is 16.8 Å². The van der Waals surface area contributed by atoms with Crippen LogP contribution in [0, 0.1) is 13.8 Å². The van der Waals surface area contributed by atoms with Gasteiger partial charge in [-0.1, -0.05) is 0 Å². The fourth-order valence-electron chi connectivity index (χ4n) is 2.68. The van der Waals surface area contributed by atoms with E-state index in [0.29, 0.717) is 24.3 Å². The molecule has 3 heterocycles. The number of aromatic nitrogens is 3. The molecule has 2 aromatic rings. The number of ether oxygens (including phenoxy) is 1. The van der Waals surface area contributed by atoms with Crippen molar-refractivity contribution in [3.05, 3.63) is 35.8 Å². The number of carbonyl (C=O) groups is 2. The molecule has 0 bridgehead atoms. The number of pyridine rings is 1. The minimum Gasteiger partial charge on any atom is -0.479 e. The highest BCUT2D eigenvalue weighted by Gasteiger charge is 2.34. The van der Waals surface area contributed by atoms with Crippen LogP contribution < -0.4 is 5.32 Å². The quantitative estimate of drug-likeness (QED) is 0.879. The van der Waals surface area contributed by atoms with Crippen molar-refractivity contribution >= 4 is 17.6 Å². The summed E-state index contributed by atoms with van der Waals surface area (Å²) in [6, 6.07) is 5.43. The molecular weight excluding hydrogens is 312 g/mol. The molecule has 2 N–H and O–H groups in total. The lowest BCUT2D eigenvalue weighted by Crippen LogP contribution is -2.30. The van der Waals surface area contributed by atoms with Gasteiger partial charge in [0.25, 0.3) is 5.91 Å². The summed E-state index contributed by atoms with van der Waals surface area (Å²) in [7, 11) is 0. The van der Waals surface area contributed by atoms with Gasteiger partial charge in [-0.3, -0.25) is 4.79 Å². The van der Waals surface area contributed by atoms with E-state index >= 15 is 0 Å². The highest BCUT2D eigenvalue weighted by molar-refractivity contribution is 5.94. The maximum Gasteiger partial charge on any atom is 0.332 e. The Labute approximate surface area is 138 Å². The second kappa shape index (κ2) is 6.40. The first-order valence-electron chi connectivity index (χ1n) is 7.63. The van der Waals surface area contributed by atoms with E-state index in [0.717, 1.165) is 11.4 Å². The zero-order chi connectivity index (χ0) is 17.3. The Balaban J connectivity index is 1.65. The molecule has 126 valence electrons. The molecule has 2 aromatic heterocycles. The van der Waals surface area contributed by atoms with Gasteiger partial charge in [-0.15, -0.1) is 0 Å². The number of nitrogens with one attached hydrogen (secondary N) is 1. The lowest BCUT2D eigenvalue weighted by Gasteiger charge is -2.12. The molecule has 0 unspecified atom stereocenters. The Bertz CT molecular complexity index is 769. The summed E-state index contributed by atoms with van der Waals surface area (Å²) in [6.45, 7) is 3.84. The zero-order valence-electron chi connectivity index (χ0n) is 13.4. The molecule has 1 fully saturated rings. The third-order valence-electron chi connectivity index (χ3n) is 3.83. The van der Waals surface area contributed by atoms with E-state index in [4.69, 9.17) is 9.84 Å². The first kappa shape index (κ1) is 16.1. The maximum absolute atomic E-state index is 12.1. The molecule has 8 nitrogen and oxygen atoms in total. The monoisotopic (exact) mass is 330 g/mol. The smallest absolute Gasteiger partial charge is 0.332 e. The van der Waals surface area contributed by atoms with Gasteiger partial charge in [0.15, 0.2) is 11.9 Å². The zero-order valence-corrected chi connectivity index (χ0v) is 13.4. The van der Waals surface area contributed by atoms with Gasteiger partial charge in [0.05, 0.1) is 17.6 Å². The van der Waals surface area contributed by atoms with Crippen LogP contribution in [-0.2, 0) is 14.3 Å². The number of rotatable bonds is 4. The highest BCUT2D eigenvalue weighted by atomic mass is 16.5. The molecule has 0 radical (unpaired) electrons. The van der Waals surface area contributed by atoms with Gasteiger partial charge in [-0.25, -0.2) is 14.5 Å². The predicted octanol–water partition coefficient (Wildman–Crippen LogP) is 1.45. The summed E-state index contributed by atoms with van der Waals surface area (Å²) in [5.41, 5.74) is 2.39. The number of aliphatic carboxylic acids is 1. The number of carbonyl (C=O) groups excluding carboxylic acids is 1. The number of hydrogen-bond acceptors (Lipinski definition) is 5. The number of nitrogens with zero attached hydrogens (tertiary/aromatic N) is 3. The average molecular weight is 330 g/mol. The lowest BCUT2D eigenvalue weighted by atomic mass is 10.2. The van der Waals surface area contributed by atoms with Crippen molar-refractivity contribution in [2.75, 3.05) is 5.32 Å². The van der Waals surface area contributed by atoms with Crippen LogP contribution in [0.3, 0.4) is 0 Å². The van der Waals surface area contributed by atoms with Crippen molar-refractivity contribution in [1.82, 2.24) is 14.8 Å². The highest BCUT2D eigenvalue weighted by Crippen LogP contribution is 2.21. The van der Waals surface area contributed by atoms with Crippen molar-refractivity contribution < 1.29 is 19.4 Å². The number of carboxylic acids is 1. The number of carboxylic acid groups (broad SMARTS) is 1. The summed E-state index contributed by atoms with van der Waals surface area (Å²) in [6.07, 6.45) is 0.602. The molecule has 1 aliphatic rings. The molecule has 0 aliphatic carbocycles. The third-order valence-corrected chi connectivity index (χ3v) is 3.83. The van der Waals surface area contributed by atoms with Gasteiger partial charge < -0.3 is 15.2 Å². The largest absolute Gasteiger partial charge is 0.479 e. The molecular formula is C16H18N4O4. The summed E-state index contributed by atoms with van der Waals surface area (Å²) in [5.74, 6) is -0.748. The summed E-state index contributed by atoms with van der Waals surface area (Å²) in [5, 5.41) is 15.9. The van der Waals surface area contributed by atoms with E-state index in [9.17, 15) is 9.59 Å². The Morgan fingerprint density at radius 3 is 2.58 bits per heavy atom. The summed E-state index contributed by atoms with van der Waals surface area (Å²) >= 11 is 0. The molecule has 1 aliphatic heterocycles. The second-order valence-corrected chi connectivity index (χ2v) is 5.76. The van der Waals surface area contributed by atoms with Gasteiger partial charge in [-0.05, 0) is 44.9 Å². The molecule has 1 amide bonds. The first-order valence-corrected chi connectivity index (χ1v) is 7.63. The van der Waals surface area contributed by atoms with Crippen LogP contribution in [0.4, 0.5) is 5.69 Å². The normalized spacial score (nSPS) is 20.1. The Kier molecular flexibility index (Phi) is 4.30. The topological polar surface area (TPSA) is 106 Å². The van der Waals surface area contributed by atoms with Crippen molar-refractivity contribution in [2.24, 2.45) is 0 Å². The van der Waals surface area contributed by atoms with Gasteiger partial charge in [0, 0.05) is 5.69 Å². The molecule has 0 aromatic carbocycles. The van der Waals surface area contributed by atoms with Gasteiger partial charge in [0.1, 0.15) is 6.10 Å². The summed E-state index contributed by atoms with van der Waals surface area (Å²) < 4.78 is 6.94. The number of anilines is 1. The van der Waals surface area contributed by atoms with Crippen molar-refractivity contribution in [1.29, 1.82) is 0 Å². The number of aryl methyl sites for hydroxylation is 2. The van der Waals surface area contributed by atoms with E-state index in [1.165, 1.54) is 6.20 Å². The van der Waals surface area contributed by atoms with Crippen molar-refractivity contribution in [3.8, 4) is 5.82 Å². The second-order valence-electron chi connectivity index (χ2n) is 5.76. The molecule has 24 heavy (non-hydrogen) atoms. The van der Waals surface area contributed by atoms with Crippen LogP contribution in [-0.4, -0.2) is 44.0 Å². The standard InChI is InChI=1S/C16H18N4O4/c1-9-7-10(2)20(19-9)14-6-3-11(8-17-14)18-15(21)12-4-5-13(24-12)16(22)23/h3,6-8,12-13H,4-5H2,1-2H3,(H,18,21)(H,22,23)/t12-,13+/m0/s1. The van der Waals surface area contributed by atoms with Crippen molar-refractivity contribution in [2.45, 2.75) is 38.9 Å². The van der Waals surface area contributed by atoms with E-state index in [1.807, 2.05) is 19.9 Å². The average Bonchev–Trinajstić information content (AvgIpc) is 3.15. The fourth-order valence-corrected chi connectivity index (χ4v) is 2.68. The minimum absolute atomic E-state index is 0.336. The summed E-state index contributed by atoms with van der Waals surface area (Å²) in [4.78, 5) is 27.3. The number of hydrogen-bond donors (Lipinski definition) is 2. The Morgan fingerprint density at radius 2 is 2.04 bits per heavy atom. The van der Waals surface area contributed by atoms with Crippen molar-refractivity contribution in [3.63, 3.8) is 0 Å². The Hall–Kier alpha value is -2.74. The van der Waals surface area contributed by atoms with E-state index < -0.39 is 18.2 Å². The molecule has 8 heteroatoms. The minimum atomic E-state index is -1.04. The van der Waals surface area contributed by atoms with E-state index in [2.05, 4.69) is 15.4 Å². The predicted molar refractivity (Wildman–Crippen MR) is 85.0 cm³/mol. The van der Waals surface area contributed by atoms with Crippen LogP contribution >= 0.6 is 0 Å². The SMILES string of the molecule is Cc1cc(C)n(-c2ccc(NC(=O)[C@@H]3CC[C@H](C(=O)O)O3)cn2)n1. The van der Waals surface area contributed by atoms with Crippen LogP contribution in [0.5, 0.6) is 0 Å². The fraction of sp³-hybridized carbons (Fsp3) is 0.375. The third kappa shape index (κ3) is 3.28. The molecule has 2 atom stereocenters. The Morgan fingerprint density at radius 1 is 1.29 bits per heavy atom. The molecule has 3 rings (SSSR count). The van der Waals surface area contributed by atoms with E-state index in [-0.39, 0.29) is 5.91 Å². The van der Waals surface area contributed by atoms with Crippen LogP contribution in [0.1, 0.15) is 24.2 Å². The van der Waals surface area contributed by atoms with Crippen LogP contribution in [0.2, 0.25) is 0 Å². The molecule has 0 saturated carbocycles. The van der Waals surface area contributed by atoms with Gasteiger partial charge >= 0.3 is 5.97 Å². The first-order chi connectivity index (χ1) is 11.4. The van der Waals surface area contributed by atoms with Crippen LogP contribution in [0.25, 0.3) is 5.82 Å². The molecule has 1 saturated heterocycles. The molecule has 0 spiro atoms.